The lowest BCUT2D eigenvalue weighted by atomic mass is 10.2. The minimum absolute atomic E-state index is 0.140. The van der Waals surface area contributed by atoms with Gasteiger partial charge in [0.05, 0.1) is 6.26 Å². The van der Waals surface area contributed by atoms with Crippen molar-refractivity contribution < 1.29 is 13.2 Å². The summed E-state index contributed by atoms with van der Waals surface area (Å²) in [6, 6.07) is -0.506. The van der Waals surface area contributed by atoms with Crippen molar-refractivity contribution in [3.05, 3.63) is 0 Å². The van der Waals surface area contributed by atoms with Gasteiger partial charge in [-0.05, 0) is 51.7 Å². The first-order valence-electron chi connectivity index (χ1n) is 8.45. The van der Waals surface area contributed by atoms with Crippen LogP contribution in [0.5, 0.6) is 0 Å². The van der Waals surface area contributed by atoms with Crippen molar-refractivity contribution in [2.24, 2.45) is 0 Å². The van der Waals surface area contributed by atoms with Crippen molar-refractivity contribution in [3.8, 4) is 0 Å². The Hall–Kier alpha value is -0.660. The summed E-state index contributed by atoms with van der Waals surface area (Å²) in [6.07, 6.45) is 8.71. The van der Waals surface area contributed by atoms with E-state index in [1.165, 1.54) is 49.3 Å². The fourth-order valence-corrected chi connectivity index (χ4v) is 4.52. The van der Waals surface area contributed by atoms with E-state index < -0.39 is 16.1 Å². The third kappa shape index (κ3) is 5.21. The van der Waals surface area contributed by atoms with E-state index in [-0.39, 0.29) is 5.91 Å². The van der Waals surface area contributed by atoms with Crippen LogP contribution in [-0.2, 0) is 14.8 Å². The predicted octanol–water partition coefficient (Wildman–Crippen LogP) is 0.793. The molecule has 2 rings (SSSR count). The molecule has 1 atom stereocenters. The van der Waals surface area contributed by atoms with Crippen molar-refractivity contribution in [2.45, 2.75) is 51.0 Å². The molecule has 6 nitrogen and oxygen atoms in total. The van der Waals surface area contributed by atoms with E-state index in [0.29, 0.717) is 19.5 Å². The molecule has 0 spiro atoms. The number of amides is 1. The summed E-state index contributed by atoms with van der Waals surface area (Å²) in [7, 11) is -3.28. The molecule has 128 valence electrons. The number of rotatable bonds is 6. The SMILES string of the molecule is CS(=O)(=O)N1CCCC1C(=O)NCCCN1CCCCCC1. The van der Waals surface area contributed by atoms with Gasteiger partial charge in [-0.25, -0.2) is 8.42 Å². The van der Waals surface area contributed by atoms with Gasteiger partial charge in [-0.15, -0.1) is 0 Å². The summed E-state index contributed by atoms with van der Waals surface area (Å²) in [5.74, 6) is -0.140. The number of sulfonamides is 1. The standard InChI is InChI=1S/C15H29N3O3S/c1-22(20,21)18-13-6-8-14(18)15(19)16-9-7-12-17-10-4-2-3-5-11-17/h14H,2-13H2,1H3,(H,16,19). The lowest BCUT2D eigenvalue weighted by Crippen LogP contribution is -2.46. The summed E-state index contributed by atoms with van der Waals surface area (Å²) in [5, 5.41) is 2.91. The number of hydrogen-bond acceptors (Lipinski definition) is 4. The number of nitrogens with zero attached hydrogens (tertiary/aromatic N) is 2. The van der Waals surface area contributed by atoms with Crippen molar-refractivity contribution in [3.63, 3.8) is 0 Å². The molecule has 1 N–H and O–H groups in total. The molecule has 0 bridgehead atoms. The van der Waals surface area contributed by atoms with Gasteiger partial charge in [0, 0.05) is 13.1 Å². The molecular weight excluding hydrogens is 302 g/mol. The second-order valence-corrected chi connectivity index (χ2v) is 8.37. The Morgan fingerprint density at radius 3 is 2.41 bits per heavy atom. The lowest BCUT2D eigenvalue weighted by Gasteiger charge is -2.22. The maximum absolute atomic E-state index is 12.2. The monoisotopic (exact) mass is 331 g/mol. The van der Waals surface area contributed by atoms with Crippen LogP contribution >= 0.6 is 0 Å². The second-order valence-electron chi connectivity index (χ2n) is 6.43. The zero-order valence-electron chi connectivity index (χ0n) is 13.6. The van der Waals surface area contributed by atoms with Gasteiger partial charge >= 0.3 is 0 Å². The summed E-state index contributed by atoms with van der Waals surface area (Å²) in [6.45, 7) is 4.44. The normalized spacial score (nSPS) is 25.0. The van der Waals surface area contributed by atoms with Gasteiger partial charge < -0.3 is 10.2 Å². The number of carbonyl (C=O) groups excluding carboxylic acids is 1. The van der Waals surface area contributed by atoms with Crippen molar-refractivity contribution >= 4 is 15.9 Å². The Labute approximate surface area is 134 Å². The molecule has 0 aromatic heterocycles. The highest BCUT2D eigenvalue weighted by Crippen LogP contribution is 2.20. The molecule has 0 aliphatic carbocycles. The average molecular weight is 331 g/mol. The molecule has 2 heterocycles. The minimum atomic E-state index is -3.28. The summed E-state index contributed by atoms with van der Waals surface area (Å²) < 4.78 is 24.6. The van der Waals surface area contributed by atoms with Gasteiger partial charge in [0.1, 0.15) is 6.04 Å². The van der Waals surface area contributed by atoms with E-state index in [1.54, 1.807) is 0 Å². The Bertz CT molecular complexity index is 459. The van der Waals surface area contributed by atoms with Crippen LogP contribution in [0, 0.1) is 0 Å². The zero-order chi connectivity index (χ0) is 16.0. The van der Waals surface area contributed by atoms with Crippen LogP contribution in [0.25, 0.3) is 0 Å². The van der Waals surface area contributed by atoms with Gasteiger partial charge in [0.2, 0.25) is 15.9 Å². The fraction of sp³-hybridized carbons (Fsp3) is 0.933. The predicted molar refractivity (Wildman–Crippen MR) is 87.1 cm³/mol. The zero-order valence-corrected chi connectivity index (χ0v) is 14.4. The number of carbonyl (C=O) groups is 1. The highest BCUT2D eigenvalue weighted by atomic mass is 32.2. The van der Waals surface area contributed by atoms with E-state index in [4.69, 9.17) is 0 Å². The van der Waals surface area contributed by atoms with Gasteiger partial charge in [0.25, 0.3) is 0 Å². The Balaban J connectivity index is 1.69. The minimum Gasteiger partial charge on any atom is -0.355 e. The van der Waals surface area contributed by atoms with Crippen LogP contribution in [0.3, 0.4) is 0 Å². The maximum atomic E-state index is 12.2. The summed E-state index contributed by atoms with van der Waals surface area (Å²) in [5.41, 5.74) is 0. The largest absolute Gasteiger partial charge is 0.355 e. The third-order valence-corrected chi connectivity index (χ3v) is 5.87. The highest BCUT2D eigenvalue weighted by molar-refractivity contribution is 7.88. The Morgan fingerprint density at radius 2 is 1.77 bits per heavy atom. The van der Waals surface area contributed by atoms with E-state index in [2.05, 4.69) is 10.2 Å². The first-order chi connectivity index (χ1) is 10.5. The second kappa shape index (κ2) is 8.26. The van der Waals surface area contributed by atoms with E-state index in [1.807, 2.05) is 0 Å². The molecule has 0 saturated carbocycles. The molecule has 2 fully saturated rings. The molecule has 22 heavy (non-hydrogen) atoms. The molecule has 1 unspecified atom stereocenters. The Kier molecular flexibility index (Phi) is 6.65. The van der Waals surface area contributed by atoms with Gasteiger partial charge in [-0.1, -0.05) is 12.8 Å². The Morgan fingerprint density at radius 1 is 1.09 bits per heavy atom. The molecular formula is C15H29N3O3S. The molecule has 2 saturated heterocycles. The first kappa shape index (κ1) is 17.7. The fourth-order valence-electron chi connectivity index (χ4n) is 3.39. The van der Waals surface area contributed by atoms with E-state index in [9.17, 15) is 13.2 Å². The number of likely N-dealkylation sites (tertiary alicyclic amines) is 1. The van der Waals surface area contributed by atoms with Crippen LogP contribution in [0.4, 0.5) is 0 Å². The molecule has 0 aromatic rings. The topological polar surface area (TPSA) is 69.7 Å². The lowest BCUT2D eigenvalue weighted by molar-refractivity contribution is -0.124. The van der Waals surface area contributed by atoms with E-state index in [0.717, 1.165) is 19.4 Å². The molecule has 7 heteroatoms. The molecule has 2 aliphatic heterocycles. The molecule has 1 amide bonds. The van der Waals surface area contributed by atoms with Crippen LogP contribution < -0.4 is 5.32 Å². The summed E-state index contributed by atoms with van der Waals surface area (Å²) >= 11 is 0. The summed E-state index contributed by atoms with van der Waals surface area (Å²) in [4.78, 5) is 14.6. The van der Waals surface area contributed by atoms with Gasteiger partial charge in [0.15, 0.2) is 0 Å². The smallest absolute Gasteiger partial charge is 0.238 e. The van der Waals surface area contributed by atoms with Gasteiger partial charge in [-0.3, -0.25) is 4.79 Å². The third-order valence-electron chi connectivity index (χ3n) is 4.58. The highest BCUT2D eigenvalue weighted by Gasteiger charge is 2.36. The molecule has 0 radical (unpaired) electrons. The first-order valence-corrected chi connectivity index (χ1v) is 10.3. The van der Waals surface area contributed by atoms with Crippen molar-refractivity contribution in [1.82, 2.24) is 14.5 Å². The quantitative estimate of drug-likeness (QED) is 0.731. The van der Waals surface area contributed by atoms with Crippen molar-refractivity contribution in [2.75, 3.05) is 39.0 Å². The van der Waals surface area contributed by atoms with Crippen LogP contribution in [0.15, 0.2) is 0 Å². The average Bonchev–Trinajstić information content (AvgIpc) is 2.82. The number of nitrogens with one attached hydrogen (secondary N) is 1. The number of hydrogen-bond donors (Lipinski definition) is 1. The molecule has 0 aromatic carbocycles. The van der Waals surface area contributed by atoms with Crippen LogP contribution in [0.2, 0.25) is 0 Å². The van der Waals surface area contributed by atoms with Crippen molar-refractivity contribution in [1.29, 1.82) is 0 Å². The molecule has 2 aliphatic rings. The maximum Gasteiger partial charge on any atom is 0.238 e. The van der Waals surface area contributed by atoms with Crippen LogP contribution in [-0.4, -0.2) is 68.6 Å². The van der Waals surface area contributed by atoms with Crippen LogP contribution in [0.1, 0.15) is 44.9 Å². The van der Waals surface area contributed by atoms with E-state index >= 15 is 0 Å². The van der Waals surface area contributed by atoms with Gasteiger partial charge in [-0.2, -0.15) is 4.31 Å².